The van der Waals surface area contributed by atoms with Crippen LogP contribution in [0.3, 0.4) is 0 Å². The van der Waals surface area contributed by atoms with Crippen LogP contribution in [0.4, 0.5) is 8.78 Å². The van der Waals surface area contributed by atoms with E-state index in [0.717, 1.165) is 25.1 Å². The molecule has 4 rings (SSSR count). The first kappa shape index (κ1) is 19.0. The Morgan fingerprint density at radius 2 is 1.68 bits per heavy atom. The Kier molecular flexibility index (Phi) is 5.14. The third-order valence-electron chi connectivity index (χ3n) is 5.93. The molecule has 6 nitrogen and oxygen atoms in total. The number of benzene rings is 1. The molecule has 3 fully saturated rings. The Morgan fingerprint density at radius 3 is 2.29 bits per heavy atom. The minimum Gasteiger partial charge on any atom is -0.343 e. The molecule has 3 heterocycles. The number of halogens is 2. The van der Waals surface area contributed by atoms with E-state index < -0.39 is 11.6 Å². The van der Waals surface area contributed by atoms with Gasteiger partial charge in [0.1, 0.15) is 0 Å². The van der Waals surface area contributed by atoms with E-state index in [2.05, 4.69) is 0 Å². The van der Waals surface area contributed by atoms with Gasteiger partial charge in [0.2, 0.25) is 17.7 Å². The van der Waals surface area contributed by atoms with Crippen molar-refractivity contribution >= 4 is 17.7 Å². The fraction of sp³-hybridized carbons (Fsp3) is 0.550. The first-order chi connectivity index (χ1) is 13.4. The van der Waals surface area contributed by atoms with E-state index in [9.17, 15) is 23.2 Å². The van der Waals surface area contributed by atoms with Crippen LogP contribution >= 0.6 is 0 Å². The summed E-state index contributed by atoms with van der Waals surface area (Å²) in [6, 6.07) is 3.76. The molecular weight excluding hydrogens is 368 g/mol. The third kappa shape index (κ3) is 3.53. The van der Waals surface area contributed by atoms with Gasteiger partial charge in [-0.05, 0) is 30.5 Å². The normalized spacial score (nSPS) is 25.3. The summed E-state index contributed by atoms with van der Waals surface area (Å²) < 4.78 is 26.4. The molecule has 8 heteroatoms. The molecule has 3 saturated heterocycles. The van der Waals surface area contributed by atoms with Crippen molar-refractivity contribution in [1.29, 1.82) is 0 Å². The van der Waals surface area contributed by atoms with Gasteiger partial charge in [0, 0.05) is 45.7 Å². The van der Waals surface area contributed by atoms with Gasteiger partial charge in [-0.1, -0.05) is 6.07 Å². The number of imide groups is 1. The van der Waals surface area contributed by atoms with Crippen LogP contribution in [0.2, 0.25) is 0 Å². The largest absolute Gasteiger partial charge is 0.343 e. The maximum Gasteiger partial charge on any atom is 0.234 e. The molecule has 0 bridgehead atoms. The minimum absolute atomic E-state index is 0.142. The van der Waals surface area contributed by atoms with Crippen molar-refractivity contribution in [2.24, 2.45) is 11.8 Å². The van der Waals surface area contributed by atoms with Crippen molar-refractivity contribution in [2.45, 2.75) is 25.8 Å². The molecule has 1 aromatic carbocycles. The number of fused-ring (bicyclic) bond motifs is 1. The highest BCUT2D eigenvalue weighted by molar-refractivity contribution is 6.05. The predicted octanol–water partition coefficient (Wildman–Crippen LogP) is 1.39. The molecule has 1 aromatic rings. The van der Waals surface area contributed by atoms with Crippen LogP contribution in [0.15, 0.2) is 18.2 Å². The summed E-state index contributed by atoms with van der Waals surface area (Å²) in [4.78, 5) is 42.1. The van der Waals surface area contributed by atoms with Crippen molar-refractivity contribution in [3.8, 4) is 0 Å². The van der Waals surface area contributed by atoms with Gasteiger partial charge >= 0.3 is 0 Å². The molecule has 0 saturated carbocycles. The monoisotopic (exact) mass is 391 g/mol. The first-order valence-corrected chi connectivity index (χ1v) is 9.73. The fourth-order valence-electron chi connectivity index (χ4n) is 4.50. The quantitative estimate of drug-likeness (QED) is 0.688. The van der Waals surface area contributed by atoms with Gasteiger partial charge in [-0.25, -0.2) is 8.78 Å². The predicted molar refractivity (Wildman–Crippen MR) is 95.8 cm³/mol. The molecule has 0 radical (unpaired) electrons. The van der Waals surface area contributed by atoms with Gasteiger partial charge < -0.3 is 4.90 Å². The fourth-order valence-corrected chi connectivity index (χ4v) is 4.50. The lowest BCUT2D eigenvalue weighted by atomic mass is 10.00. The van der Waals surface area contributed by atoms with Crippen LogP contribution in [0.25, 0.3) is 0 Å². The van der Waals surface area contributed by atoms with E-state index in [0.29, 0.717) is 51.1 Å². The Labute approximate surface area is 162 Å². The van der Waals surface area contributed by atoms with Crippen LogP contribution in [-0.2, 0) is 20.9 Å². The molecule has 3 aliphatic rings. The van der Waals surface area contributed by atoms with Crippen LogP contribution in [-0.4, -0.2) is 65.1 Å². The highest BCUT2D eigenvalue weighted by Gasteiger charge is 2.51. The molecule has 0 aromatic heterocycles. The van der Waals surface area contributed by atoms with E-state index in [-0.39, 0.29) is 29.6 Å². The van der Waals surface area contributed by atoms with Crippen LogP contribution in [0.5, 0.6) is 0 Å². The van der Waals surface area contributed by atoms with Crippen LogP contribution in [0, 0.1) is 23.5 Å². The molecule has 0 N–H and O–H groups in total. The number of likely N-dealkylation sites (tertiary alicyclic amines) is 3. The van der Waals surface area contributed by atoms with Gasteiger partial charge in [-0.15, -0.1) is 0 Å². The van der Waals surface area contributed by atoms with Crippen molar-refractivity contribution in [2.75, 3.05) is 32.7 Å². The number of carbonyl (C=O) groups is 3. The number of hydrogen-bond acceptors (Lipinski definition) is 4. The average Bonchev–Trinajstić information content (AvgIpc) is 3.32. The summed E-state index contributed by atoms with van der Waals surface area (Å²) in [7, 11) is 0. The SMILES string of the molecule is O=C1CCCN1CCCN1C(=O)C2CN(Cc3ccc(F)c(F)c3)CC2C1=O. The molecular formula is C20H23F2N3O3. The van der Waals surface area contributed by atoms with E-state index in [1.807, 2.05) is 4.90 Å². The van der Waals surface area contributed by atoms with E-state index in [4.69, 9.17) is 0 Å². The summed E-state index contributed by atoms with van der Waals surface area (Å²) in [5, 5.41) is 0. The number of nitrogens with zero attached hydrogens (tertiary/aromatic N) is 3. The van der Waals surface area contributed by atoms with Crippen molar-refractivity contribution < 1.29 is 23.2 Å². The lowest BCUT2D eigenvalue weighted by Gasteiger charge is -2.22. The van der Waals surface area contributed by atoms with Gasteiger partial charge in [0.05, 0.1) is 11.8 Å². The summed E-state index contributed by atoms with van der Waals surface area (Å²) >= 11 is 0. The number of hydrogen-bond donors (Lipinski definition) is 0. The molecule has 28 heavy (non-hydrogen) atoms. The zero-order valence-corrected chi connectivity index (χ0v) is 15.6. The molecule has 2 atom stereocenters. The Morgan fingerprint density at radius 1 is 0.964 bits per heavy atom. The van der Waals surface area contributed by atoms with Gasteiger partial charge in [-0.3, -0.25) is 24.2 Å². The molecule has 0 spiro atoms. The molecule has 150 valence electrons. The summed E-state index contributed by atoms with van der Waals surface area (Å²) in [6.07, 6.45) is 2.05. The Hall–Kier alpha value is -2.35. The zero-order valence-electron chi connectivity index (χ0n) is 15.6. The number of carbonyl (C=O) groups excluding carboxylic acids is 3. The zero-order chi connectivity index (χ0) is 19.8. The topological polar surface area (TPSA) is 60.9 Å². The minimum atomic E-state index is -0.897. The van der Waals surface area contributed by atoms with Gasteiger partial charge in [0.15, 0.2) is 11.6 Å². The second-order valence-corrected chi connectivity index (χ2v) is 7.82. The maximum atomic E-state index is 13.4. The van der Waals surface area contributed by atoms with E-state index in [1.54, 1.807) is 4.90 Å². The van der Waals surface area contributed by atoms with Gasteiger partial charge in [-0.2, -0.15) is 0 Å². The standard InChI is InChI=1S/C20H23F2N3O3/c21-16-5-4-13(9-17(16)22)10-23-11-14-15(12-23)20(28)25(19(14)27)8-2-7-24-6-1-3-18(24)26/h4-5,9,14-15H,1-3,6-8,10-12H2. The Bertz CT molecular complexity index is 792. The van der Waals surface area contributed by atoms with Crippen LogP contribution < -0.4 is 0 Å². The summed E-state index contributed by atoms with van der Waals surface area (Å²) in [5.74, 6) is -2.70. The van der Waals surface area contributed by atoms with Crippen molar-refractivity contribution in [3.05, 3.63) is 35.4 Å². The molecule has 3 amide bonds. The number of rotatable bonds is 6. The highest BCUT2D eigenvalue weighted by Crippen LogP contribution is 2.34. The second kappa shape index (κ2) is 7.58. The number of amides is 3. The van der Waals surface area contributed by atoms with Crippen molar-refractivity contribution in [1.82, 2.24) is 14.7 Å². The van der Waals surface area contributed by atoms with Crippen molar-refractivity contribution in [3.63, 3.8) is 0 Å². The highest BCUT2D eigenvalue weighted by atomic mass is 19.2. The van der Waals surface area contributed by atoms with Crippen LogP contribution in [0.1, 0.15) is 24.8 Å². The molecule has 0 aliphatic carbocycles. The Balaban J connectivity index is 1.31. The maximum absolute atomic E-state index is 13.4. The van der Waals surface area contributed by atoms with E-state index >= 15 is 0 Å². The first-order valence-electron chi connectivity index (χ1n) is 9.73. The molecule has 3 aliphatic heterocycles. The lowest BCUT2D eigenvalue weighted by molar-refractivity contribution is -0.140. The second-order valence-electron chi connectivity index (χ2n) is 7.82. The summed E-state index contributed by atoms with van der Waals surface area (Å²) in [6.45, 7) is 2.93. The third-order valence-corrected chi connectivity index (χ3v) is 5.93. The average molecular weight is 391 g/mol. The summed E-state index contributed by atoms with van der Waals surface area (Å²) in [5.41, 5.74) is 0.617. The van der Waals surface area contributed by atoms with E-state index in [1.165, 1.54) is 11.0 Å². The lowest BCUT2D eigenvalue weighted by Crippen LogP contribution is -2.38. The smallest absolute Gasteiger partial charge is 0.234 e. The molecule has 2 unspecified atom stereocenters. The van der Waals surface area contributed by atoms with Gasteiger partial charge in [0.25, 0.3) is 0 Å².